The molecule has 6 heteroatoms. The van der Waals surface area contributed by atoms with Crippen LogP contribution in [0.3, 0.4) is 0 Å². The zero-order chi connectivity index (χ0) is 20.0. The normalized spacial score (nSPS) is 19.3. The minimum Gasteiger partial charge on any atom is -0.379 e. The van der Waals surface area contributed by atoms with Gasteiger partial charge in [-0.15, -0.1) is 0 Å². The Hall–Kier alpha value is -3.25. The van der Waals surface area contributed by atoms with Gasteiger partial charge in [0.1, 0.15) is 5.82 Å². The van der Waals surface area contributed by atoms with Gasteiger partial charge in [0.05, 0.1) is 28.2 Å². The Kier molecular flexibility index (Phi) is 4.28. The van der Waals surface area contributed by atoms with E-state index in [-0.39, 0.29) is 11.5 Å². The molecule has 4 heterocycles. The molecule has 4 aromatic rings. The summed E-state index contributed by atoms with van der Waals surface area (Å²) in [6.45, 7) is 3.83. The number of aromatic amines is 1. The predicted molar refractivity (Wildman–Crippen MR) is 115 cm³/mol. The van der Waals surface area contributed by atoms with Crippen molar-refractivity contribution in [1.29, 1.82) is 0 Å². The monoisotopic (exact) mass is 386 g/mol. The number of H-pyrrole nitrogens is 1. The van der Waals surface area contributed by atoms with Crippen molar-refractivity contribution in [2.45, 2.75) is 13.0 Å². The number of nitrogens with one attached hydrogen (secondary N) is 1. The first-order valence-corrected chi connectivity index (χ1v) is 9.79. The Morgan fingerprint density at radius 1 is 1.17 bits per heavy atom. The number of aromatic nitrogens is 3. The largest absolute Gasteiger partial charge is 0.379 e. The molecule has 146 valence electrons. The summed E-state index contributed by atoms with van der Waals surface area (Å²) in [7, 11) is 1.76. The van der Waals surface area contributed by atoms with Crippen molar-refractivity contribution >= 4 is 27.6 Å². The summed E-state index contributed by atoms with van der Waals surface area (Å²) in [5.41, 5.74) is 3.34. The van der Waals surface area contributed by atoms with Gasteiger partial charge in [0.2, 0.25) is 0 Å². The number of rotatable bonds is 3. The van der Waals surface area contributed by atoms with Crippen LogP contribution in [0.1, 0.15) is 6.92 Å². The molecule has 0 radical (unpaired) electrons. The molecule has 0 aliphatic carbocycles. The van der Waals surface area contributed by atoms with Crippen molar-refractivity contribution in [1.82, 2.24) is 15.0 Å². The lowest BCUT2D eigenvalue weighted by Gasteiger charge is -2.21. The SMILES string of the molecule is CO[C@H]1CN(c2nc3ccccc3cc2-c2cc(=O)c3cnccc3[nH]2)C[C@@H]1C. The minimum atomic E-state index is -0.0504. The highest BCUT2D eigenvalue weighted by molar-refractivity contribution is 5.90. The van der Waals surface area contributed by atoms with Crippen LogP contribution in [0, 0.1) is 5.92 Å². The zero-order valence-electron chi connectivity index (χ0n) is 16.4. The number of pyridine rings is 3. The van der Waals surface area contributed by atoms with Gasteiger partial charge in [-0.2, -0.15) is 0 Å². The highest BCUT2D eigenvalue weighted by Crippen LogP contribution is 2.34. The molecule has 0 saturated carbocycles. The predicted octanol–water partition coefficient (Wildman–Crippen LogP) is 3.61. The Morgan fingerprint density at radius 3 is 2.86 bits per heavy atom. The van der Waals surface area contributed by atoms with Crippen LogP contribution in [0.25, 0.3) is 33.1 Å². The van der Waals surface area contributed by atoms with Crippen LogP contribution in [-0.4, -0.2) is 41.3 Å². The fourth-order valence-electron chi connectivity index (χ4n) is 4.20. The number of anilines is 1. The second-order valence-electron chi connectivity index (χ2n) is 7.68. The molecular weight excluding hydrogens is 364 g/mol. The van der Waals surface area contributed by atoms with Gasteiger partial charge < -0.3 is 14.6 Å². The van der Waals surface area contributed by atoms with Crippen molar-refractivity contribution in [2.24, 2.45) is 5.92 Å². The third-order valence-corrected chi connectivity index (χ3v) is 5.77. The van der Waals surface area contributed by atoms with Crippen molar-refractivity contribution in [3.63, 3.8) is 0 Å². The van der Waals surface area contributed by atoms with Crippen LogP contribution < -0.4 is 10.3 Å². The van der Waals surface area contributed by atoms with Crippen LogP contribution in [0.5, 0.6) is 0 Å². The Labute approximate surface area is 168 Å². The number of methoxy groups -OCH3 is 1. The van der Waals surface area contributed by atoms with Gasteiger partial charge in [-0.3, -0.25) is 9.78 Å². The van der Waals surface area contributed by atoms with E-state index in [1.165, 1.54) is 0 Å². The molecule has 29 heavy (non-hydrogen) atoms. The topological polar surface area (TPSA) is 71.1 Å². The van der Waals surface area contributed by atoms with E-state index in [2.05, 4.69) is 27.9 Å². The Morgan fingerprint density at radius 2 is 2.03 bits per heavy atom. The van der Waals surface area contributed by atoms with E-state index >= 15 is 0 Å². The second kappa shape index (κ2) is 6.97. The molecule has 5 rings (SSSR count). The molecular formula is C23H22N4O2. The van der Waals surface area contributed by atoms with Crippen LogP contribution in [-0.2, 0) is 4.74 Å². The highest BCUT2D eigenvalue weighted by Gasteiger charge is 2.32. The molecule has 0 spiro atoms. The van der Waals surface area contributed by atoms with Gasteiger partial charge in [-0.05, 0) is 18.2 Å². The fourth-order valence-corrected chi connectivity index (χ4v) is 4.20. The van der Waals surface area contributed by atoms with E-state index in [1.807, 2.05) is 30.3 Å². The zero-order valence-corrected chi connectivity index (χ0v) is 16.4. The molecule has 0 amide bonds. The minimum absolute atomic E-state index is 0.0504. The van der Waals surface area contributed by atoms with Gasteiger partial charge in [-0.25, -0.2) is 4.98 Å². The van der Waals surface area contributed by atoms with Crippen molar-refractivity contribution < 1.29 is 4.74 Å². The number of para-hydroxylation sites is 1. The van der Waals surface area contributed by atoms with E-state index in [4.69, 9.17) is 9.72 Å². The van der Waals surface area contributed by atoms with E-state index in [0.717, 1.165) is 46.6 Å². The number of benzene rings is 1. The molecule has 1 aliphatic rings. The molecule has 3 aromatic heterocycles. The quantitative estimate of drug-likeness (QED) is 0.582. The second-order valence-corrected chi connectivity index (χ2v) is 7.68. The lowest BCUT2D eigenvalue weighted by atomic mass is 10.1. The van der Waals surface area contributed by atoms with E-state index in [1.54, 1.807) is 25.6 Å². The molecule has 1 saturated heterocycles. The molecule has 0 unspecified atom stereocenters. The van der Waals surface area contributed by atoms with E-state index < -0.39 is 0 Å². The average molecular weight is 386 g/mol. The van der Waals surface area contributed by atoms with Crippen LogP contribution >= 0.6 is 0 Å². The maximum absolute atomic E-state index is 12.7. The summed E-state index contributed by atoms with van der Waals surface area (Å²) in [5, 5.41) is 1.62. The molecule has 1 N–H and O–H groups in total. The fraction of sp³-hybridized carbons (Fsp3) is 0.261. The van der Waals surface area contributed by atoms with Crippen molar-refractivity contribution in [3.05, 3.63) is 65.1 Å². The molecule has 1 fully saturated rings. The van der Waals surface area contributed by atoms with Crippen LogP contribution in [0.2, 0.25) is 0 Å². The van der Waals surface area contributed by atoms with Gasteiger partial charge in [0.15, 0.2) is 5.43 Å². The van der Waals surface area contributed by atoms with Gasteiger partial charge in [0.25, 0.3) is 0 Å². The Bertz CT molecular complexity index is 1270. The summed E-state index contributed by atoms with van der Waals surface area (Å²) < 4.78 is 5.65. The number of nitrogens with zero attached hydrogens (tertiary/aromatic N) is 3. The lowest BCUT2D eigenvalue weighted by molar-refractivity contribution is 0.0899. The third kappa shape index (κ3) is 3.06. The smallest absolute Gasteiger partial charge is 0.191 e. The first-order chi connectivity index (χ1) is 14.1. The maximum Gasteiger partial charge on any atom is 0.191 e. The van der Waals surface area contributed by atoms with Gasteiger partial charge >= 0.3 is 0 Å². The average Bonchev–Trinajstić information content (AvgIpc) is 3.13. The molecule has 0 bridgehead atoms. The first kappa shape index (κ1) is 17.8. The summed E-state index contributed by atoms with van der Waals surface area (Å²) >= 11 is 0. The number of fused-ring (bicyclic) bond motifs is 2. The highest BCUT2D eigenvalue weighted by atomic mass is 16.5. The van der Waals surface area contributed by atoms with Gasteiger partial charge in [-0.1, -0.05) is 25.1 Å². The number of hydrogen-bond donors (Lipinski definition) is 1. The molecule has 2 atom stereocenters. The summed E-state index contributed by atoms with van der Waals surface area (Å²) in [5.74, 6) is 1.28. The number of hydrogen-bond acceptors (Lipinski definition) is 5. The lowest BCUT2D eigenvalue weighted by Crippen LogP contribution is -2.24. The maximum atomic E-state index is 12.7. The molecule has 6 nitrogen and oxygen atoms in total. The molecule has 1 aliphatic heterocycles. The summed E-state index contributed by atoms with van der Waals surface area (Å²) in [6, 6.07) is 13.6. The van der Waals surface area contributed by atoms with E-state index in [0.29, 0.717) is 11.3 Å². The van der Waals surface area contributed by atoms with Crippen LogP contribution in [0.4, 0.5) is 5.82 Å². The first-order valence-electron chi connectivity index (χ1n) is 9.79. The van der Waals surface area contributed by atoms with Crippen molar-refractivity contribution in [3.8, 4) is 11.3 Å². The van der Waals surface area contributed by atoms with Crippen molar-refractivity contribution in [2.75, 3.05) is 25.1 Å². The van der Waals surface area contributed by atoms with E-state index in [9.17, 15) is 4.79 Å². The Balaban J connectivity index is 1.73. The number of ether oxygens (including phenoxy) is 1. The van der Waals surface area contributed by atoms with Crippen LogP contribution in [0.15, 0.2) is 59.7 Å². The third-order valence-electron chi connectivity index (χ3n) is 5.77. The summed E-state index contributed by atoms with van der Waals surface area (Å²) in [4.78, 5) is 27.4. The summed E-state index contributed by atoms with van der Waals surface area (Å²) in [6.07, 6.45) is 3.45. The van der Waals surface area contributed by atoms with Gasteiger partial charge in [0, 0.05) is 55.5 Å². The standard InChI is InChI=1S/C23H22N4O2/c1-14-12-27(13-22(14)29-2)23-16(9-15-5-3-4-6-18(15)26-23)20-10-21(28)17-11-24-8-7-19(17)25-20/h3-11,14,22H,12-13H2,1-2H3,(H,25,28)/t14-,22-/m0/s1. The molecule has 1 aromatic carbocycles.